The lowest BCUT2D eigenvalue weighted by atomic mass is 10.2. The SMILES string of the molecule is COc1ccc(COC(=O)C=P)cc1. The van der Waals surface area contributed by atoms with Crippen LogP contribution in [0, 0.1) is 0 Å². The molecule has 0 N–H and O–H groups in total. The smallest absolute Gasteiger partial charge is 0.335 e. The highest BCUT2D eigenvalue weighted by molar-refractivity contribution is 7.21. The first-order valence-corrected chi connectivity index (χ1v) is 4.64. The van der Waals surface area contributed by atoms with E-state index >= 15 is 0 Å². The lowest BCUT2D eigenvalue weighted by Gasteiger charge is -2.03. The standard InChI is InChI=1S/C10H11O3P/c1-12-9-4-2-8(3-5-9)6-13-10(11)7-14/h2-5,7,14H,6H2,1H3. The van der Waals surface area contributed by atoms with E-state index in [1.165, 1.54) is 5.80 Å². The molecule has 0 aliphatic heterocycles. The molecule has 0 heterocycles. The van der Waals surface area contributed by atoms with E-state index in [0.29, 0.717) is 0 Å². The van der Waals surface area contributed by atoms with Crippen LogP contribution in [0.4, 0.5) is 0 Å². The Morgan fingerprint density at radius 1 is 1.43 bits per heavy atom. The van der Waals surface area contributed by atoms with Gasteiger partial charge >= 0.3 is 5.97 Å². The van der Waals surface area contributed by atoms with Crippen LogP contribution < -0.4 is 4.74 Å². The van der Waals surface area contributed by atoms with Gasteiger partial charge < -0.3 is 9.47 Å². The van der Waals surface area contributed by atoms with Crippen molar-refractivity contribution in [2.24, 2.45) is 0 Å². The lowest BCUT2D eigenvalue weighted by molar-refractivity contribution is -0.136. The van der Waals surface area contributed by atoms with Gasteiger partial charge in [-0.25, -0.2) is 4.79 Å². The number of esters is 1. The van der Waals surface area contributed by atoms with Gasteiger partial charge in [-0.2, -0.15) is 0 Å². The summed E-state index contributed by atoms with van der Waals surface area (Å²) in [6.07, 6.45) is 0. The van der Waals surface area contributed by atoms with Crippen molar-refractivity contribution < 1.29 is 14.3 Å². The summed E-state index contributed by atoms with van der Waals surface area (Å²) in [4.78, 5) is 10.8. The highest BCUT2D eigenvalue weighted by atomic mass is 31.0. The molecule has 1 aromatic carbocycles. The lowest BCUT2D eigenvalue weighted by Crippen LogP contribution is -2.03. The number of methoxy groups -OCH3 is 1. The highest BCUT2D eigenvalue weighted by Gasteiger charge is 1.98. The monoisotopic (exact) mass is 210 g/mol. The number of rotatable bonds is 4. The Labute approximate surface area is 84.9 Å². The zero-order valence-corrected chi connectivity index (χ0v) is 8.82. The van der Waals surface area contributed by atoms with Crippen molar-refractivity contribution in [2.45, 2.75) is 6.61 Å². The third kappa shape index (κ3) is 3.19. The van der Waals surface area contributed by atoms with Crippen LogP contribution in [0.3, 0.4) is 0 Å². The van der Waals surface area contributed by atoms with Crippen LogP contribution in [0.1, 0.15) is 5.56 Å². The number of hydrogen-bond donors (Lipinski definition) is 0. The normalized spacial score (nSPS) is 9.21. The van der Waals surface area contributed by atoms with Crippen LogP contribution in [0.2, 0.25) is 0 Å². The molecule has 0 aliphatic rings. The molecule has 0 fully saturated rings. The van der Waals surface area contributed by atoms with Crippen LogP contribution >= 0.6 is 8.86 Å². The van der Waals surface area contributed by atoms with E-state index in [9.17, 15) is 4.79 Å². The van der Waals surface area contributed by atoms with Crippen molar-refractivity contribution in [1.82, 2.24) is 0 Å². The van der Waals surface area contributed by atoms with Crippen LogP contribution in [0.15, 0.2) is 24.3 Å². The molecule has 0 unspecified atom stereocenters. The van der Waals surface area contributed by atoms with Gasteiger partial charge in [-0.3, -0.25) is 0 Å². The molecule has 0 aromatic heterocycles. The van der Waals surface area contributed by atoms with E-state index in [1.54, 1.807) is 7.11 Å². The first-order valence-electron chi connectivity index (χ1n) is 4.06. The van der Waals surface area contributed by atoms with Gasteiger partial charge in [0.15, 0.2) is 0 Å². The summed E-state index contributed by atoms with van der Waals surface area (Å²) in [5.74, 6) is 1.59. The summed E-state index contributed by atoms with van der Waals surface area (Å²) in [5.41, 5.74) is 0.924. The van der Waals surface area contributed by atoms with E-state index in [-0.39, 0.29) is 6.61 Å². The molecular formula is C10H11O3P. The summed E-state index contributed by atoms with van der Waals surface area (Å²) in [6, 6.07) is 7.33. The molecule has 74 valence electrons. The van der Waals surface area contributed by atoms with Crippen molar-refractivity contribution in [3.63, 3.8) is 0 Å². The maximum absolute atomic E-state index is 10.8. The molecule has 0 spiro atoms. The van der Waals surface area contributed by atoms with Gasteiger partial charge in [0.25, 0.3) is 0 Å². The predicted molar refractivity (Wildman–Crippen MR) is 57.2 cm³/mol. The molecule has 14 heavy (non-hydrogen) atoms. The van der Waals surface area contributed by atoms with Crippen molar-refractivity contribution in [3.05, 3.63) is 29.8 Å². The molecule has 4 heteroatoms. The molecule has 3 nitrogen and oxygen atoms in total. The number of benzene rings is 1. The second-order valence-electron chi connectivity index (χ2n) is 2.60. The molecule has 0 saturated carbocycles. The van der Waals surface area contributed by atoms with Crippen molar-refractivity contribution in [3.8, 4) is 5.75 Å². The Kier molecular flexibility index (Phi) is 4.14. The van der Waals surface area contributed by atoms with E-state index in [0.717, 1.165) is 11.3 Å². The average molecular weight is 210 g/mol. The molecule has 0 amide bonds. The third-order valence-corrected chi connectivity index (χ3v) is 1.89. The Balaban J connectivity index is 2.51. The maximum Gasteiger partial charge on any atom is 0.335 e. The minimum Gasteiger partial charge on any atom is -0.497 e. The van der Waals surface area contributed by atoms with E-state index < -0.39 is 5.97 Å². The molecule has 0 radical (unpaired) electrons. The van der Waals surface area contributed by atoms with Gasteiger partial charge in [-0.1, -0.05) is 12.1 Å². The van der Waals surface area contributed by atoms with Gasteiger partial charge in [-0.15, -0.1) is 8.86 Å². The highest BCUT2D eigenvalue weighted by Crippen LogP contribution is 2.11. The van der Waals surface area contributed by atoms with Crippen molar-refractivity contribution in [1.29, 1.82) is 0 Å². The molecule has 1 rings (SSSR count). The van der Waals surface area contributed by atoms with Crippen LogP contribution in [0.25, 0.3) is 0 Å². The minimum atomic E-state index is -0.391. The summed E-state index contributed by atoms with van der Waals surface area (Å²) >= 11 is 0. The Morgan fingerprint density at radius 3 is 2.57 bits per heavy atom. The summed E-state index contributed by atoms with van der Waals surface area (Å²) in [7, 11) is 4.54. The third-order valence-electron chi connectivity index (χ3n) is 1.66. The van der Waals surface area contributed by atoms with Gasteiger partial charge in [0.2, 0.25) is 0 Å². The Morgan fingerprint density at radius 2 is 2.07 bits per heavy atom. The van der Waals surface area contributed by atoms with E-state index in [2.05, 4.69) is 8.86 Å². The zero-order chi connectivity index (χ0) is 10.4. The van der Waals surface area contributed by atoms with E-state index in [1.807, 2.05) is 24.3 Å². The second kappa shape index (κ2) is 5.40. The average Bonchev–Trinajstić information content (AvgIpc) is 2.26. The minimum absolute atomic E-state index is 0.268. The molecule has 0 aliphatic carbocycles. The number of ether oxygens (including phenoxy) is 2. The van der Waals surface area contributed by atoms with E-state index in [4.69, 9.17) is 9.47 Å². The largest absolute Gasteiger partial charge is 0.497 e. The van der Waals surface area contributed by atoms with Crippen LogP contribution in [-0.2, 0) is 16.1 Å². The van der Waals surface area contributed by atoms with Gasteiger partial charge in [0, 0.05) is 5.80 Å². The predicted octanol–water partition coefficient (Wildman–Crippen LogP) is 1.68. The van der Waals surface area contributed by atoms with Gasteiger partial charge in [0.1, 0.15) is 12.4 Å². The first kappa shape index (κ1) is 10.7. The second-order valence-corrected chi connectivity index (χ2v) is 2.89. The number of carbonyl (C=O) groups excluding carboxylic acids is 1. The quantitative estimate of drug-likeness (QED) is 0.560. The summed E-state index contributed by atoms with van der Waals surface area (Å²) < 4.78 is 9.86. The summed E-state index contributed by atoms with van der Waals surface area (Å²) in [6.45, 7) is 0.268. The molecule has 0 saturated heterocycles. The number of hydrogen-bond acceptors (Lipinski definition) is 3. The van der Waals surface area contributed by atoms with Crippen molar-refractivity contribution in [2.75, 3.05) is 7.11 Å². The molecule has 0 atom stereocenters. The summed E-state index contributed by atoms with van der Waals surface area (Å²) in [5, 5.41) is 0. The number of carbonyl (C=O) groups is 1. The topological polar surface area (TPSA) is 35.5 Å². The first-order chi connectivity index (χ1) is 6.76. The van der Waals surface area contributed by atoms with Crippen LogP contribution in [0.5, 0.6) is 5.75 Å². The van der Waals surface area contributed by atoms with Crippen LogP contribution in [-0.4, -0.2) is 18.9 Å². The fourth-order valence-electron chi connectivity index (χ4n) is 0.918. The van der Waals surface area contributed by atoms with Gasteiger partial charge in [-0.05, 0) is 17.7 Å². The fourth-order valence-corrected chi connectivity index (χ4v) is 1.00. The molecule has 0 bridgehead atoms. The zero-order valence-electron chi connectivity index (χ0n) is 7.82. The van der Waals surface area contributed by atoms with Crippen molar-refractivity contribution >= 4 is 20.6 Å². The molecule has 1 aromatic rings. The maximum atomic E-state index is 10.8. The Hall–Kier alpha value is -1.34. The van der Waals surface area contributed by atoms with Gasteiger partial charge in [0.05, 0.1) is 7.11 Å². The fraction of sp³-hybridized carbons (Fsp3) is 0.200. The Bertz CT molecular complexity index is 319. The molecular weight excluding hydrogens is 199 g/mol.